The summed E-state index contributed by atoms with van der Waals surface area (Å²) in [5.41, 5.74) is 18.1. The summed E-state index contributed by atoms with van der Waals surface area (Å²) in [4.78, 5) is 19.6. The van der Waals surface area contributed by atoms with E-state index in [0.29, 0.717) is 6.42 Å². The maximum atomic E-state index is 13.1. The number of rotatable bonds is 14. The van der Waals surface area contributed by atoms with E-state index < -0.39 is 11.1 Å². The molecule has 6 N–H and O–H groups in total. The Morgan fingerprint density at radius 3 is 1.90 bits per heavy atom. The van der Waals surface area contributed by atoms with Crippen LogP contribution < -0.4 is 17.2 Å². The lowest BCUT2D eigenvalue weighted by Crippen LogP contribution is -2.59. The van der Waals surface area contributed by atoms with Crippen LogP contribution in [0, 0.1) is 27.1 Å². The summed E-state index contributed by atoms with van der Waals surface area (Å²) in [6.45, 7) is 30.5. The summed E-state index contributed by atoms with van der Waals surface area (Å²) in [6.07, 6.45) is 9.42. The zero-order valence-corrected chi connectivity index (χ0v) is 29.2. The first-order chi connectivity index (χ1) is 18.8. The summed E-state index contributed by atoms with van der Waals surface area (Å²) >= 11 is 0. The molecule has 1 aromatic rings. The minimum atomic E-state index is -0.442. The number of carbonyl (C=O) groups excluding carboxylic acids is 1. The van der Waals surface area contributed by atoms with Crippen molar-refractivity contribution < 1.29 is 9.53 Å². The molecular weight excluding hydrogens is 524 g/mol. The second-order valence-corrected chi connectivity index (χ2v) is 17.7. The number of likely N-dealkylation sites (tertiary alicyclic amines) is 1. The van der Waals surface area contributed by atoms with E-state index >= 15 is 0 Å². The van der Waals surface area contributed by atoms with Gasteiger partial charge < -0.3 is 31.4 Å². The number of ether oxygens (including phenoxy) is 1. The maximum Gasteiger partial charge on any atom is 0.222 e. The van der Waals surface area contributed by atoms with Crippen molar-refractivity contribution in [2.45, 2.75) is 158 Å². The molecule has 5 unspecified atom stereocenters. The molecule has 1 amide bonds. The lowest BCUT2D eigenvalue weighted by atomic mass is 9.46. The SMILES string of the molecule is CC(C)(N)CC(N1CCCC1=O)C(C)(C)C(C)(C)CC(C)(C1OC1N)C(C)(C)C(C)(C)CC(n1ccnc1)C(C)(C)N. The Balaban J connectivity index is 2.04. The van der Waals surface area contributed by atoms with Crippen molar-refractivity contribution in [1.82, 2.24) is 14.5 Å². The van der Waals surface area contributed by atoms with Crippen LogP contribution in [0.5, 0.6) is 0 Å². The molecular formula is C34H64N6O2. The van der Waals surface area contributed by atoms with Crippen LogP contribution >= 0.6 is 0 Å². The van der Waals surface area contributed by atoms with Crippen molar-refractivity contribution in [2.24, 2.45) is 44.3 Å². The van der Waals surface area contributed by atoms with Crippen LogP contribution in [-0.2, 0) is 9.53 Å². The van der Waals surface area contributed by atoms with Crippen LogP contribution in [-0.4, -0.2) is 56.4 Å². The van der Waals surface area contributed by atoms with E-state index in [2.05, 4.69) is 104 Å². The number of aromatic nitrogens is 2. The maximum absolute atomic E-state index is 13.1. The lowest BCUT2D eigenvalue weighted by molar-refractivity contribution is -0.140. The second kappa shape index (κ2) is 11.1. The fourth-order valence-corrected chi connectivity index (χ4v) is 7.88. The Kier molecular flexibility index (Phi) is 9.29. The van der Waals surface area contributed by atoms with Crippen molar-refractivity contribution in [3.8, 4) is 0 Å². The summed E-state index contributed by atoms with van der Waals surface area (Å²) in [6, 6.07) is 0.0921. The fourth-order valence-electron chi connectivity index (χ4n) is 7.88. The van der Waals surface area contributed by atoms with Crippen LogP contribution in [0.15, 0.2) is 18.7 Å². The van der Waals surface area contributed by atoms with Gasteiger partial charge in [0.1, 0.15) is 12.3 Å². The molecule has 2 aliphatic rings. The summed E-state index contributed by atoms with van der Waals surface area (Å²) in [7, 11) is 0. The molecule has 3 rings (SSSR count). The average molecular weight is 589 g/mol. The topological polar surface area (TPSA) is 129 Å². The molecule has 0 bridgehead atoms. The fraction of sp³-hybridized carbons (Fsp3) is 0.882. The molecule has 8 nitrogen and oxygen atoms in total. The molecule has 1 aromatic heterocycles. The Bertz CT molecular complexity index is 1080. The molecule has 2 aliphatic heterocycles. The number of nitrogens with two attached hydrogens (primary N) is 3. The van der Waals surface area contributed by atoms with Gasteiger partial charge in [0.25, 0.3) is 0 Å². The quantitative estimate of drug-likeness (QED) is 0.234. The number of amides is 1. The Labute approximate surface area is 256 Å². The molecule has 0 saturated carbocycles. The molecule has 2 saturated heterocycles. The van der Waals surface area contributed by atoms with E-state index in [9.17, 15) is 4.79 Å². The Hall–Kier alpha value is -1.48. The first-order valence-electron chi connectivity index (χ1n) is 16.0. The highest BCUT2D eigenvalue weighted by Gasteiger charge is 2.64. The van der Waals surface area contributed by atoms with Crippen LogP contribution in [0.1, 0.15) is 128 Å². The highest BCUT2D eigenvalue weighted by molar-refractivity contribution is 5.78. The zero-order valence-electron chi connectivity index (χ0n) is 29.2. The van der Waals surface area contributed by atoms with Crippen molar-refractivity contribution in [3.63, 3.8) is 0 Å². The standard InChI is InChI=1S/C34H64N6O2/c1-28(2,19-24(32(9,10)37)39-18-16-38-22-39)33(11,12)34(13,26-27(35)42-26)21-29(3,4)31(7,8)23(20-30(5,6)36)40-17-14-15-25(40)41/h16,18,22-24,26-27H,14-15,17,19-21,35-37H2,1-13H3. The highest BCUT2D eigenvalue weighted by atomic mass is 16.6. The smallest absolute Gasteiger partial charge is 0.222 e. The summed E-state index contributed by atoms with van der Waals surface area (Å²) in [5, 5.41) is 0. The van der Waals surface area contributed by atoms with Crippen LogP contribution in [0.3, 0.4) is 0 Å². The predicted molar refractivity (Wildman–Crippen MR) is 172 cm³/mol. The third kappa shape index (κ3) is 6.62. The second-order valence-electron chi connectivity index (χ2n) is 17.7. The van der Waals surface area contributed by atoms with E-state index in [1.54, 1.807) is 0 Å². The van der Waals surface area contributed by atoms with Crippen molar-refractivity contribution >= 4 is 5.91 Å². The zero-order chi connectivity index (χ0) is 32.3. The molecule has 0 aliphatic carbocycles. The van der Waals surface area contributed by atoms with Gasteiger partial charge in [0, 0.05) is 47.9 Å². The third-order valence-electron chi connectivity index (χ3n) is 12.3. The monoisotopic (exact) mass is 589 g/mol. The number of carbonyl (C=O) groups is 1. The third-order valence-corrected chi connectivity index (χ3v) is 12.3. The van der Waals surface area contributed by atoms with Crippen LogP contribution in [0.25, 0.3) is 0 Å². The number of epoxide rings is 1. The molecule has 2 fully saturated rings. The van der Waals surface area contributed by atoms with E-state index in [1.807, 2.05) is 18.7 Å². The number of hydrogen-bond donors (Lipinski definition) is 3. The number of nitrogens with zero attached hydrogens (tertiary/aromatic N) is 3. The Morgan fingerprint density at radius 1 is 0.929 bits per heavy atom. The molecule has 242 valence electrons. The first-order valence-corrected chi connectivity index (χ1v) is 16.0. The first kappa shape index (κ1) is 35.0. The molecule has 8 heteroatoms. The van der Waals surface area contributed by atoms with Crippen LogP contribution in [0.4, 0.5) is 0 Å². The van der Waals surface area contributed by atoms with Crippen molar-refractivity contribution in [2.75, 3.05) is 6.54 Å². The minimum Gasteiger partial charge on any atom is -0.353 e. The van der Waals surface area contributed by atoms with Gasteiger partial charge in [-0.25, -0.2) is 4.98 Å². The van der Waals surface area contributed by atoms with Gasteiger partial charge in [-0.05, 0) is 75.0 Å². The molecule has 3 heterocycles. The summed E-state index contributed by atoms with van der Waals surface area (Å²) in [5.74, 6) is 0.250. The Morgan fingerprint density at radius 2 is 1.50 bits per heavy atom. The van der Waals surface area contributed by atoms with Gasteiger partial charge >= 0.3 is 0 Å². The number of imidazole rings is 1. The van der Waals surface area contributed by atoms with Gasteiger partial charge in [-0.1, -0.05) is 62.3 Å². The highest BCUT2D eigenvalue weighted by Crippen LogP contribution is 2.65. The lowest BCUT2D eigenvalue weighted by Gasteiger charge is -2.60. The van der Waals surface area contributed by atoms with Crippen LogP contribution in [0.2, 0.25) is 0 Å². The van der Waals surface area contributed by atoms with E-state index in [0.717, 1.165) is 32.2 Å². The van der Waals surface area contributed by atoms with Crippen molar-refractivity contribution in [3.05, 3.63) is 18.7 Å². The summed E-state index contributed by atoms with van der Waals surface area (Å²) < 4.78 is 8.34. The average Bonchev–Trinajstić information content (AvgIpc) is 3.18. The normalized spacial score (nSPS) is 24.1. The predicted octanol–water partition coefficient (Wildman–Crippen LogP) is 5.85. The van der Waals surface area contributed by atoms with Gasteiger partial charge in [-0.3, -0.25) is 4.79 Å². The molecule has 42 heavy (non-hydrogen) atoms. The molecule has 0 aromatic carbocycles. The molecule has 0 radical (unpaired) electrons. The minimum absolute atomic E-state index is 0.0281. The van der Waals surface area contributed by atoms with Gasteiger partial charge in [0.2, 0.25) is 5.91 Å². The number of hydrogen-bond acceptors (Lipinski definition) is 6. The van der Waals surface area contributed by atoms with Gasteiger partial charge in [-0.2, -0.15) is 0 Å². The largest absolute Gasteiger partial charge is 0.353 e. The van der Waals surface area contributed by atoms with Gasteiger partial charge in [-0.15, -0.1) is 0 Å². The van der Waals surface area contributed by atoms with Gasteiger partial charge in [0.05, 0.1) is 12.4 Å². The molecule has 0 spiro atoms. The van der Waals surface area contributed by atoms with Gasteiger partial charge in [0.15, 0.2) is 0 Å². The van der Waals surface area contributed by atoms with E-state index in [1.165, 1.54) is 0 Å². The van der Waals surface area contributed by atoms with E-state index in [-0.39, 0.29) is 57.4 Å². The van der Waals surface area contributed by atoms with E-state index in [4.69, 9.17) is 21.9 Å². The molecule has 5 atom stereocenters. The van der Waals surface area contributed by atoms with Crippen molar-refractivity contribution in [1.29, 1.82) is 0 Å².